The number of benzene rings is 2. The van der Waals surface area contributed by atoms with Gasteiger partial charge < -0.3 is 20.3 Å². The summed E-state index contributed by atoms with van der Waals surface area (Å²) in [5.74, 6) is 0.207. The molecular weight excluding hydrogens is 368 g/mol. The number of hydrogen-bond acceptors (Lipinski definition) is 4. The van der Waals surface area contributed by atoms with Gasteiger partial charge in [-0.2, -0.15) is 0 Å². The minimum atomic E-state index is -0.283. The van der Waals surface area contributed by atoms with Crippen molar-refractivity contribution in [2.45, 2.75) is 13.8 Å². The van der Waals surface area contributed by atoms with Gasteiger partial charge in [0.25, 0.3) is 5.91 Å². The Labute approximate surface area is 172 Å². The molecule has 3 amide bonds. The first-order chi connectivity index (χ1) is 14.0. The quantitative estimate of drug-likeness (QED) is 0.679. The van der Waals surface area contributed by atoms with E-state index in [0.717, 1.165) is 25.3 Å². The maximum atomic E-state index is 12.5. The SMILES string of the molecule is CCN(CC)CCNC(=O)c1ccc(NC(=O)N(C)c2ccccc2)cc1OC. The zero-order chi connectivity index (χ0) is 21.2. The van der Waals surface area contributed by atoms with Gasteiger partial charge in [0.1, 0.15) is 5.75 Å². The van der Waals surface area contributed by atoms with Gasteiger partial charge >= 0.3 is 6.03 Å². The molecule has 0 fully saturated rings. The van der Waals surface area contributed by atoms with Crippen molar-refractivity contribution in [2.75, 3.05) is 50.6 Å². The fourth-order valence-electron chi connectivity index (χ4n) is 2.90. The van der Waals surface area contributed by atoms with E-state index in [9.17, 15) is 9.59 Å². The molecule has 0 spiro atoms. The van der Waals surface area contributed by atoms with Crippen LogP contribution in [0.5, 0.6) is 5.75 Å². The van der Waals surface area contributed by atoms with E-state index in [1.165, 1.54) is 12.0 Å². The largest absolute Gasteiger partial charge is 0.496 e. The van der Waals surface area contributed by atoms with Crippen molar-refractivity contribution in [2.24, 2.45) is 0 Å². The van der Waals surface area contributed by atoms with Crippen LogP contribution in [0.1, 0.15) is 24.2 Å². The van der Waals surface area contributed by atoms with E-state index < -0.39 is 0 Å². The van der Waals surface area contributed by atoms with Crippen LogP contribution in [0.4, 0.5) is 16.2 Å². The number of carbonyl (C=O) groups is 2. The molecule has 0 aliphatic heterocycles. The third kappa shape index (κ3) is 6.22. The topological polar surface area (TPSA) is 73.9 Å². The van der Waals surface area contributed by atoms with Crippen molar-refractivity contribution in [1.82, 2.24) is 10.2 Å². The monoisotopic (exact) mass is 398 g/mol. The Kier molecular flexibility index (Phi) is 8.48. The molecule has 7 nitrogen and oxygen atoms in total. The summed E-state index contributed by atoms with van der Waals surface area (Å²) in [7, 11) is 3.20. The van der Waals surface area contributed by atoms with E-state index in [1.54, 1.807) is 25.2 Å². The lowest BCUT2D eigenvalue weighted by molar-refractivity contribution is 0.0946. The predicted octanol–water partition coefficient (Wildman–Crippen LogP) is 3.44. The molecular formula is C22H30N4O3. The van der Waals surface area contributed by atoms with E-state index in [-0.39, 0.29) is 11.9 Å². The highest BCUT2D eigenvalue weighted by molar-refractivity contribution is 6.02. The van der Waals surface area contributed by atoms with Crippen LogP contribution >= 0.6 is 0 Å². The molecule has 0 saturated heterocycles. The van der Waals surface area contributed by atoms with Crippen LogP contribution < -0.4 is 20.3 Å². The van der Waals surface area contributed by atoms with Crippen LogP contribution in [0.3, 0.4) is 0 Å². The van der Waals surface area contributed by atoms with Gasteiger partial charge in [-0.05, 0) is 37.4 Å². The van der Waals surface area contributed by atoms with Gasteiger partial charge in [-0.1, -0.05) is 32.0 Å². The Morgan fingerprint density at radius 3 is 2.34 bits per heavy atom. The van der Waals surface area contributed by atoms with Crippen LogP contribution in [0.25, 0.3) is 0 Å². The van der Waals surface area contributed by atoms with Crippen molar-refractivity contribution in [1.29, 1.82) is 0 Å². The molecule has 29 heavy (non-hydrogen) atoms. The lowest BCUT2D eigenvalue weighted by atomic mass is 10.1. The number of carbonyl (C=O) groups excluding carboxylic acids is 2. The van der Waals surface area contributed by atoms with Crippen LogP contribution in [0.2, 0.25) is 0 Å². The number of ether oxygens (including phenoxy) is 1. The van der Waals surface area contributed by atoms with Crippen molar-refractivity contribution in [3.63, 3.8) is 0 Å². The van der Waals surface area contributed by atoms with Gasteiger partial charge in [-0.3, -0.25) is 9.69 Å². The summed E-state index contributed by atoms with van der Waals surface area (Å²) >= 11 is 0. The first kappa shape index (κ1) is 22.2. The zero-order valence-electron chi connectivity index (χ0n) is 17.6. The molecule has 2 rings (SSSR count). The molecule has 0 aliphatic rings. The van der Waals surface area contributed by atoms with E-state index >= 15 is 0 Å². The molecule has 2 aromatic carbocycles. The number of methoxy groups -OCH3 is 1. The number of nitrogens with zero attached hydrogens (tertiary/aromatic N) is 2. The average Bonchev–Trinajstić information content (AvgIpc) is 2.76. The predicted molar refractivity (Wildman–Crippen MR) is 117 cm³/mol. The third-order valence-corrected chi connectivity index (χ3v) is 4.75. The first-order valence-corrected chi connectivity index (χ1v) is 9.78. The van der Waals surface area contributed by atoms with Gasteiger partial charge in [-0.25, -0.2) is 4.79 Å². The summed E-state index contributed by atoms with van der Waals surface area (Å²) in [5, 5.41) is 5.74. The number of hydrogen-bond donors (Lipinski definition) is 2. The summed E-state index contributed by atoms with van der Waals surface area (Å²) < 4.78 is 5.37. The molecule has 0 aliphatic carbocycles. The Morgan fingerprint density at radius 1 is 1.03 bits per heavy atom. The fraction of sp³-hybridized carbons (Fsp3) is 0.364. The highest BCUT2D eigenvalue weighted by Crippen LogP contribution is 2.24. The van der Waals surface area contributed by atoms with E-state index in [4.69, 9.17) is 4.74 Å². The summed E-state index contributed by atoms with van der Waals surface area (Å²) in [6.07, 6.45) is 0. The van der Waals surface area contributed by atoms with E-state index in [1.807, 2.05) is 30.3 Å². The molecule has 0 heterocycles. The lowest BCUT2D eigenvalue weighted by Crippen LogP contribution is -2.35. The van der Waals surface area contributed by atoms with Gasteiger partial charge in [0.2, 0.25) is 0 Å². The molecule has 0 radical (unpaired) electrons. The summed E-state index contributed by atoms with van der Waals surface area (Å²) in [6, 6.07) is 14.1. The standard InChI is InChI=1S/C22H30N4O3/c1-5-26(6-2)15-14-23-21(27)19-13-12-17(16-20(19)29-4)24-22(28)25(3)18-10-8-7-9-11-18/h7-13,16H,5-6,14-15H2,1-4H3,(H,23,27)(H,24,28). The molecule has 0 unspecified atom stereocenters. The number of para-hydroxylation sites is 1. The first-order valence-electron chi connectivity index (χ1n) is 9.78. The van der Waals surface area contributed by atoms with Gasteiger partial charge in [0.15, 0.2) is 0 Å². The minimum absolute atomic E-state index is 0.201. The maximum Gasteiger partial charge on any atom is 0.326 e. The fourth-order valence-corrected chi connectivity index (χ4v) is 2.90. The number of anilines is 2. The highest BCUT2D eigenvalue weighted by Gasteiger charge is 2.15. The maximum absolute atomic E-state index is 12.5. The van der Waals surface area contributed by atoms with Crippen molar-refractivity contribution < 1.29 is 14.3 Å². The zero-order valence-corrected chi connectivity index (χ0v) is 17.6. The van der Waals surface area contributed by atoms with Crippen LogP contribution in [-0.4, -0.2) is 57.2 Å². The second-order valence-electron chi connectivity index (χ2n) is 6.52. The number of amides is 3. The average molecular weight is 399 g/mol. The Bertz CT molecular complexity index is 807. The number of urea groups is 1. The summed E-state index contributed by atoms with van der Waals surface area (Å²) in [5.41, 5.74) is 1.76. The normalized spacial score (nSPS) is 10.5. The highest BCUT2D eigenvalue weighted by atomic mass is 16.5. The molecule has 0 bridgehead atoms. The molecule has 2 aromatic rings. The van der Waals surface area contributed by atoms with E-state index in [2.05, 4.69) is 29.4 Å². The Balaban J connectivity index is 2.02. The molecule has 0 aromatic heterocycles. The second kappa shape index (κ2) is 11.1. The molecule has 0 saturated carbocycles. The molecule has 0 atom stereocenters. The van der Waals surface area contributed by atoms with Gasteiger partial charge in [0.05, 0.1) is 12.7 Å². The van der Waals surface area contributed by atoms with Crippen LogP contribution in [-0.2, 0) is 0 Å². The van der Waals surface area contributed by atoms with Crippen molar-refractivity contribution in [3.05, 3.63) is 54.1 Å². The summed E-state index contributed by atoms with van der Waals surface area (Å²) in [6.45, 7) is 7.43. The van der Waals surface area contributed by atoms with E-state index in [0.29, 0.717) is 23.5 Å². The van der Waals surface area contributed by atoms with Crippen molar-refractivity contribution >= 4 is 23.3 Å². The van der Waals surface area contributed by atoms with Crippen LogP contribution in [0.15, 0.2) is 48.5 Å². The van der Waals surface area contributed by atoms with Crippen LogP contribution in [0, 0.1) is 0 Å². The number of rotatable bonds is 9. The van der Waals surface area contributed by atoms with Crippen molar-refractivity contribution in [3.8, 4) is 5.75 Å². The number of likely N-dealkylation sites (N-methyl/N-ethyl adjacent to an activating group) is 1. The Hall–Kier alpha value is -3.06. The minimum Gasteiger partial charge on any atom is -0.496 e. The number of nitrogens with one attached hydrogen (secondary N) is 2. The molecule has 2 N–H and O–H groups in total. The molecule has 7 heteroatoms. The molecule has 156 valence electrons. The lowest BCUT2D eigenvalue weighted by Gasteiger charge is -2.19. The Morgan fingerprint density at radius 2 is 1.72 bits per heavy atom. The summed E-state index contributed by atoms with van der Waals surface area (Å²) in [4.78, 5) is 28.7. The van der Waals surface area contributed by atoms with Gasteiger partial charge in [-0.15, -0.1) is 0 Å². The van der Waals surface area contributed by atoms with Gasteiger partial charge in [0, 0.05) is 37.6 Å². The smallest absolute Gasteiger partial charge is 0.326 e. The third-order valence-electron chi connectivity index (χ3n) is 4.75. The second-order valence-corrected chi connectivity index (χ2v) is 6.52.